The zero-order valence-corrected chi connectivity index (χ0v) is 20.3. The van der Waals surface area contributed by atoms with Crippen molar-refractivity contribution in [2.45, 2.75) is 13.8 Å². The predicted molar refractivity (Wildman–Crippen MR) is 148 cm³/mol. The van der Waals surface area contributed by atoms with Gasteiger partial charge in [0.1, 0.15) is 17.1 Å². The highest BCUT2D eigenvalue weighted by molar-refractivity contribution is 7.33. The number of rotatable bonds is 3. The number of fused-ring (bicyclic) bond motifs is 5. The third kappa shape index (κ3) is 3.19. The van der Waals surface area contributed by atoms with Gasteiger partial charge in [-0.3, -0.25) is 0 Å². The van der Waals surface area contributed by atoms with Crippen LogP contribution in [-0.4, -0.2) is 6.71 Å². The fraction of sp³-hybridized carbons (Fsp3) is 0.0667. The van der Waals surface area contributed by atoms with Crippen LogP contribution in [0.4, 0.5) is 11.6 Å². The second kappa shape index (κ2) is 7.79. The Balaban J connectivity index is 1.56. The summed E-state index contributed by atoms with van der Waals surface area (Å²) in [5, 5.41) is 5.87. The van der Waals surface area contributed by atoms with E-state index in [2.05, 4.69) is 92.0 Å². The summed E-state index contributed by atoms with van der Waals surface area (Å²) in [6.45, 7) is 4.26. The summed E-state index contributed by atoms with van der Waals surface area (Å²) in [5.41, 5.74) is 6.63. The van der Waals surface area contributed by atoms with Crippen LogP contribution in [0.3, 0.4) is 0 Å². The normalized spacial score (nSPS) is 12.5. The number of hydrogen-bond donors (Lipinski definition) is 1. The molecule has 0 bridgehead atoms. The third-order valence-corrected chi connectivity index (χ3v) is 8.04. The highest BCUT2D eigenvalue weighted by Crippen LogP contribution is 2.38. The van der Waals surface area contributed by atoms with E-state index in [1.807, 2.05) is 29.5 Å². The summed E-state index contributed by atoms with van der Waals surface area (Å²) in [7, 11) is 0. The molecule has 0 fully saturated rings. The van der Waals surface area contributed by atoms with E-state index in [1.165, 1.54) is 26.1 Å². The fourth-order valence-electron chi connectivity index (χ4n) is 5.22. The van der Waals surface area contributed by atoms with Gasteiger partial charge in [0.05, 0.1) is 0 Å². The van der Waals surface area contributed by atoms with E-state index in [9.17, 15) is 0 Å². The zero-order chi connectivity index (χ0) is 23.5. The average Bonchev–Trinajstić information content (AvgIpc) is 3.41. The standard InChI is InChI=1S/C30H22BNO2S/c1-18-15-16-21-24(17-18)34-30(32-20-10-4-3-5-11-20)27(21)31-26-19(2)9-8-13-23(26)33-28-22-12-6-7-14-25(22)35-29(28)31/h3-17,32H,1-2H3. The van der Waals surface area contributed by atoms with Gasteiger partial charge in [0.15, 0.2) is 5.88 Å². The van der Waals surface area contributed by atoms with Gasteiger partial charge in [-0.2, -0.15) is 0 Å². The molecule has 0 spiro atoms. The topological polar surface area (TPSA) is 34.4 Å². The lowest BCUT2D eigenvalue weighted by Crippen LogP contribution is -2.55. The number of ether oxygens (including phenoxy) is 1. The monoisotopic (exact) mass is 471 g/mol. The van der Waals surface area contributed by atoms with Crippen molar-refractivity contribution < 1.29 is 9.15 Å². The van der Waals surface area contributed by atoms with Crippen LogP contribution in [0.2, 0.25) is 0 Å². The Morgan fingerprint density at radius 1 is 0.771 bits per heavy atom. The number of thiophene rings is 1. The van der Waals surface area contributed by atoms with Crippen molar-refractivity contribution in [3.63, 3.8) is 0 Å². The predicted octanol–water partition coefficient (Wildman–Crippen LogP) is 6.63. The first-order chi connectivity index (χ1) is 17.2. The lowest BCUT2D eigenvalue weighted by atomic mass is 9.37. The molecular formula is C30H22BNO2S. The van der Waals surface area contributed by atoms with E-state index in [4.69, 9.17) is 9.15 Å². The van der Waals surface area contributed by atoms with Crippen molar-refractivity contribution in [2.24, 2.45) is 0 Å². The average molecular weight is 471 g/mol. The van der Waals surface area contributed by atoms with Crippen molar-refractivity contribution in [1.82, 2.24) is 0 Å². The van der Waals surface area contributed by atoms with E-state index in [0.717, 1.165) is 44.9 Å². The van der Waals surface area contributed by atoms with Crippen LogP contribution < -0.4 is 25.8 Å². The van der Waals surface area contributed by atoms with Crippen LogP contribution >= 0.6 is 11.3 Å². The molecule has 6 aromatic rings. The van der Waals surface area contributed by atoms with Gasteiger partial charge in [0.2, 0.25) is 0 Å². The molecule has 35 heavy (non-hydrogen) atoms. The first kappa shape index (κ1) is 20.4. The lowest BCUT2D eigenvalue weighted by molar-refractivity contribution is 0.494. The molecule has 3 nitrogen and oxygen atoms in total. The minimum atomic E-state index is -0.0116. The van der Waals surface area contributed by atoms with E-state index < -0.39 is 0 Å². The SMILES string of the molecule is Cc1ccc2c(B3c4sc5ccccc5c4Oc4cccc(C)c43)c(Nc3ccccc3)oc2c1. The maximum absolute atomic E-state index is 6.59. The van der Waals surface area contributed by atoms with E-state index in [1.54, 1.807) is 0 Å². The van der Waals surface area contributed by atoms with Gasteiger partial charge in [0, 0.05) is 31.4 Å². The largest absolute Gasteiger partial charge is 0.457 e. The van der Waals surface area contributed by atoms with E-state index in [-0.39, 0.29) is 6.71 Å². The molecule has 0 atom stereocenters. The van der Waals surface area contributed by atoms with Gasteiger partial charge in [-0.05, 0) is 61.3 Å². The van der Waals surface area contributed by atoms with E-state index in [0.29, 0.717) is 0 Å². The molecule has 0 unspecified atom stereocenters. The maximum Gasteiger partial charge on any atom is 0.271 e. The van der Waals surface area contributed by atoms with E-state index >= 15 is 0 Å². The molecule has 0 amide bonds. The molecule has 3 heterocycles. The maximum atomic E-state index is 6.59. The molecular weight excluding hydrogens is 449 g/mol. The number of hydrogen-bond acceptors (Lipinski definition) is 4. The summed E-state index contributed by atoms with van der Waals surface area (Å²) >= 11 is 1.81. The third-order valence-electron chi connectivity index (χ3n) is 6.83. The van der Waals surface area contributed by atoms with Gasteiger partial charge in [-0.25, -0.2) is 0 Å². The minimum Gasteiger partial charge on any atom is -0.457 e. The van der Waals surface area contributed by atoms with Crippen molar-refractivity contribution in [2.75, 3.05) is 5.32 Å². The fourth-order valence-corrected chi connectivity index (χ4v) is 6.47. The Morgan fingerprint density at radius 3 is 2.49 bits per heavy atom. The first-order valence-electron chi connectivity index (χ1n) is 11.8. The van der Waals surface area contributed by atoms with Crippen molar-refractivity contribution >= 4 is 66.4 Å². The molecule has 7 rings (SSSR count). The van der Waals surface area contributed by atoms with Crippen LogP contribution in [0, 0.1) is 13.8 Å². The second-order valence-corrected chi connectivity index (χ2v) is 10.2. The minimum absolute atomic E-state index is 0.0116. The molecule has 1 aliphatic rings. The second-order valence-electron chi connectivity index (χ2n) is 9.15. The van der Waals surface area contributed by atoms with Crippen LogP contribution in [0.5, 0.6) is 11.5 Å². The molecule has 1 aliphatic heterocycles. The molecule has 1 N–H and O–H groups in total. The van der Waals surface area contributed by atoms with Crippen molar-refractivity contribution in [1.29, 1.82) is 0 Å². The summed E-state index contributed by atoms with van der Waals surface area (Å²) in [4.78, 5) is 0. The van der Waals surface area contributed by atoms with Crippen LogP contribution in [0.15, 0.2) is 95.4 Å². The number of para-hydroxylation sites is 1. The smallest absolute Gasteiger partial charge is 0.271 e. The number of aryl methyl sites for hydroxylation is 2. The summed E-state index contributed by atoms with van der Waals surface area (Å²) in [5.74, 6) is 2.65. The van der Waals surface area contributed by atoms with Crippen LogP contribution in [0.25, 0.3) is 21.1 Å². The number of benzene rings is 4. The highest BCUT2D eigenvalue weighted by atomic mass is 32.1. The molecule has 5 heteroatoms. The Morgan fingerprint density at radius 2 is 1.60 bits per heavy atom. The molecule has 0 saturated carbocycles. The molecule has 0 radical (unpaired) electrons. The Labute approximate surface area is 208 Å². The molecule has 2 aromatic heterocycles. The molecule has 0 aliphatic carbocycles. The van der Waals surface area contributed by atoms with Crippen LogP contribution in [-0.2, 0) is 0 Å². The van der Waals surface area contributed by atoms with Crippen molar-refractivity contribution in [3.05, 3.63) is 102 Å². The summed E-state index contributed by atoms with van der Waals surface area (Å²) < 4.78 is 15.6. The number of furan rings is 1. The first-order valence-corrected chi connectivity index (χ1v) is 12.6. The quantitative estimate of drug-likeness (QED) is 0.294. The summed E-state index contributed by atoms with van der Waals surface area (Å²) in [6.07, 6.45) is 0. The summed E-state index contributed by atoms with van der Waals surface area (Å²) in [6, 6.07) is 31.5. The molecule has 168 valence electrons. The van der Waals surface area contributed by atoms with Gasteiger partial charge < -0.3 is 14.5 Å². The highest BCUT2D eigenvalue weighted by Gasteiger charge is 2.40. The van der Waals surface area contributed by atoms with Gasteiger partial charge >= 0.3 is 0 Å². The van der Waals surface area contributed by atoms with Crippen LogP contribution in [0.1, 0.15) is 11.1 Å². The van der Waals surface area contributed by atoms with Crippen molar-refractivity contribution in [3.8, 4) is 11.5 Å². The lowest BCUT2D eigenvalue weighted by Gasteiger charge is -2.26. The number of nitrogens with one attached hydrogen (secondary N) is 1. The molecule has 4 aromatic carbocycles. The zero-order valence-electron chi connectivity index (χ0n) is 19.5. The Hall–Kier alpha value is -3.96. The Kier molecular flexibility index (Phi) is 4.54. The Bertz CT molecular complexity index is 1730. The number of anilines is 2. The van der Waals surface area contributed by atoms with Gasteiger partial charge in [-0.15, -0.1) is 11.3 Å². The molecule has 0 saturated heterocycles. The van der Waals surface area contributed by atoms with Gasteiger partial charge in [0.25, 0.3) is 6.71 Å². The van der Waals surface area contributed by atoms with Gasteiger partial charge in [-0.1, -0.05) is 60.2 Å².